The number of ether oxygens (including phenoxy) is 2. The first-order valence-electron chi connectivity index (χ1n) is 7.67. The van der Waals surface area contributed by atoms with Gasteiger partial charge in [-0.05, 0) is 47.0 Å². The van der Waals surface area contributed by atoms with Gasteiger partial charge < -0.3 is 14.4 Å². The third-order valence-electron chi connectivity index (χ3n) is 3.24. The van der Waals surface area contributed by atoms with E-state index >= 15 is 0 Å². The normalized spacial score (nSPS) is 11.8. The number of rotatable bonds is 6. The van der Waals surface area contributed by atoms with E-state index in [2.05, 4.69) is 35.8 Å². The molecule has 1 heterocycles. The van der Waals surface area contributed by atoms with Crippen molar-refractivity contribution in [3.8, 4) is 11.5 Å². The molecule has 0 aliphatic rings. The average molecular weight is 318 g/mol. The first-order valence-corrected chi connectivity index (χ1v) is 7.67. The molecule has 2 aromatic rings. The molecule has 0 bridgehead atoms. The number of methoxy groups -OCH3 is 1. The highest BCUT2D eigenvalue weighted by Gasteiger charge is 2.21. The highest BCUT2D eigenvalue weighted by Crippen LogP contribution is 2.26. The molecule has 0 saturated heterocycles. The lowest BCUT2D eigenvalue weighted by Gasteiger charge is -2.22. The largest absolute Gasteiger partial charge is 0.493 e. The Morgan fingerprint density at radius 2 is 1.78 bits per heavy atom. The Hall–Kier alpha value is -2.08. The van der Waals surface area contributed by atoms with Crippen LogP contribution in [-0.4, -0.2) is 40.9 Å². The molecule has 0 fully saturated rings. The summed E-state index contributed by atoms with van der Waals surface area (Å²) in [7, 11) is 5.67. The summed E-state index contributed by atoms with van der Waals surface area (Å²) < 4.78 is 13.1. The fourth-order valence-electron chi connectivity index (χ4n) is 2.26. The summed E-state index contributed by atoms with van der Waals surface area (Å²) in [5.74, 6) is 3.00. The van der Waals surface area contributed by atoms with Gasteiger partial charge in [0.05, 0.1) is 19.2 Å². The molecule has 0 unspecified atom stereocenters. The van der Waals surface area contributed by atoms with Crippen LogP contribution in [-0.2, 0) is 18.7 Å². The van der Waals surface area contributed by atoms with E-state index in [1.165, 1.54) is 0 Å². The number of aromatic nitrogens is 3. The van der Waals surface area contributed by atoms with Crippen molar-refractivity contribution in [3.63, 3.8) is 0 Å². The summed E-state index contributed by atoms with van der Waals surface area (Å²) in [6.45, 7) is 7.39. The number of nitrogens with zero attached hydrogens (tertiary/aromatic N) is 4. The molecule has 0 spiro atoms. The average Bonchev–Trinajstić information content (AvgIpc) is 2.87. The number of hydrogen-bond acceptors (Lipinski definition) is 5. The van der Waals surface area contributed by atoms with E-state index < -0.39 is 0 Å². The molecular weight excluding hydrogens is 292 g/mol. The molecule has 1 aromatic carbocycles. The lowest BCUT2D eigenvalue weighted by atomic mass is 10.1. The lowest BCUT2D eigenvalue weighted by molar-refractivity contribution is 0.271. The molecule has 0 radical (unpaired) electrons. The molecule has 0 aliphatic heterocycles. The zero-order valence-electron chi connectivity index (χ0n) is 14.8. The van der Waals surface area contributed by atoms with Gasteiger partial charge in [-0.2, -0.15) is 5.10 Å². The highest BCUT2D eigenvalue weighted by molar-refractivity contribution is 5.39. The van der Waals surface area contributed by atoms with Crippen molar-refractivity contribution >= 4 is 0 Å². The maximum atomic E-state index is 5.82. The molecule has 6 nitrogen and oxygen atoms in total. The van der Waals surface area contributed by atoms with Gasteiger partial charge >= 0.3 is 0 Å². The maximum absolute atomic E-state index is 5.82. The van der Waals surface area contributed by atoms with E-state index in [4.69, 9.17) is 9.47 Å². The van der Waals surface area contributed by atoms with Crippen LogP contribution in [0.5, 0.6) is 11.5 Å². The van der Waals surface area contributed by atoms with Crippen LogP contribution in [0.25, 0.3) is 0 Å². The summed E-state index contributed by atoms with van der Waals surface area (Å²) in [6, 6.07) is 7.57. The van der Waals surface area contributed by atoms with E-state index in [0.717, 1.165) is 12.4 Å². The molecule has 126 valence electrons. The van der Waals surface area contributed by atoms with Gasteiger partial charge in [-0.3, -0.25) is 0 Å². The third-order valence-corrected chi connectivity index (χ3v) is 3.24. The van der Waals surface area contributed by atoms with Gasteiger partial charge in [0, 0.05) is 0 Å². The van der Waals surface area contributed by atoms with E-state index in [1.54, 1.807) is 7.11 Å². The smallest absolute Gasteiger partial charge is 0.188 e. The van der Waals surface area contributed by atoms with Crippen LogP contribution in [0.15, 0.2) is 24.3 Å². The number of para-hydroxylation sites is 2. The fraction of sp³-hybridized carbons (Fsp3) is 0.529. The van der Waals surface area contributed by atoms with Crippen LogP contribution >= 0.6 is 0 Å². The van der Waals surface area contributed by atoms with Gasteiger partial charge in [0.15, 0.2) is 17.3 Å². The zero-order chi connectivity index (χ0) is 17.0. The van der Waals surface area contributed by atoms with Crippen molar-refractivity contribution in [2.75, 3.05) is 21.2 Å². The number of benzene rings is 1. The van der Waals surface area contributed by atoms with Crippen LogP contribution in [0.1, 0.15) is 32.4 Å². The topological polar surface area (TPSA) is 52.4 Å². The monoisotopic (exact) mass is 318 g/mol. The van der Waals surface area contributed by atoms with Crippen LogP contribution in [0, 0.1) is 0 Å². The molecular formula is C17H26N4O2. The summed E-state index contributed by atoms with van der Waals surface area (Å²) >= 11 is 0. The molecule has 0 amide bonds. The summed E-state index contributed by atoms with van der Waals surface area (Å²) in [5.41, 5.74) is -0.124. The minimum Gasteiger partial charge on any atom is -0.493 e. The molecule has 0 N–H and O–H groups in total. The Labute approximate surface area is 138 Å². The quantitative estimate of drug-likeness (QED) is 0.819. The predicted octanol–water partition coefficient (Wildman–Crippen LogP) is 2.68. The van der Waals surface area contributed by atoms with Gasteiger partial charge in [-0.1, -0.05) is 12.1 Å². The Bertz CT molecular complexity index is 644. The summed E-state index contributed by atoms with van der Waals surface area (Å²) in [5, 5.41) is 4.62. The van der Waals surface area contributed by atoms with Crippen LogP contribution in [0.3, 0.4) is 0 Å². The van der Waals surface area contributed by atoms with Gasteiger partial charge in [-0.15, -0.1) is 0 Å². The van der Waals surface area contributed by atoms with Gasteiger partial charge in [0.1, 0.15) is 12.4 Å². The van der Waals surface area contributed by atoms with Crippen molar-refractivity contribution in [2.45, 2.75) is 39.5 Å². The maximum Gasteiger partial charge on any atom is 0.188 e. The molecule has 0 atom stereocenters. The fourth-order valence-corrected chi connectivity index (χ4v) is 2.26. The molecule has 1 aromatic heterocycles. The first-order chi connectivity index (χ1) is 10.8. The van der Waals surface area contributed by atoms with Gasteiger partial charge in [-0.25, -0.2) is 9.67 Å². The molecule has 2 rings (SSSR count). The van der Waals surface area contributed by atoms with Crippen LogP contribution < -0.4 is 9.47 Å². The van der Waals surface area contributed by atoms with Gasteiger partial charge in [0.2, 0.25) is 0 Å². The van der Waals surface area contributed by atoms with Crippen molar-refractivity contribution in [1.82, 2.24) is 19.7 Å². The second-order valence-corrected chi connectivity index (χ2v) is 6.70. The standard InChI is InChI=1S/C17H26N4O2/c1-17(2,3)21-16(11-20(4)5)18-15(19-21)12-23-14-10-8-7-9-13(14)22-6/h7-10H,11-12H2,1-6H3. The molecule has 0 saturated carbocycles. The summed E-state index contributed by atoms with van der Waals surface area (Å²) in [6.07, 6.45) is 0. The predicted molar refractivity (Wildman–Crippen MR) is 89.7 cm³/mol. The van der Waals surface area contributed by atoms with E-state index in [-0.39, 0.29) is 5.54 Å². The van der Waals surface area contributed by atoms with E-state index in [0.29, 0.717) is 23.9 Å². The van der Waals surface area contributed by atoms with E-state index in [1.807, 2.05) is 43.0 Å². The SMILES string of the molecule is COc1ccccc1OCc1nc(CN(C)C)n(C(C)(C)C)n1. The minimum absolute atomic E-state index is 0.124. The second kappa shape index (κ2) is 7.00. The Balaban J connectivity index is 2.18. The van der Waals surface area contributed by atoms with Gasteiger partial charge in [0.25, 0.3) is 0 Å². The number of hydrogen-bond donors (Lipinski definition) is 0. The zero-order valence-corrected chi connectivity index (χ0v) is 14.8. The Morgan fingerprint density at radius 1 is 1.13 bits per heavy atom. The Kier molecular flexibility index (Phi) is 5.26. The third kappa shape index (κ3) is 4.45. The lowest BCUT2D eigenvalue weighted by Crippen LogP contribution is -2.27. The second-order valence-electron chi connectivity index (χ2n) is 6.70. The van der Waals surface area contributed by atoms with Crippen molar-refractivity contribution in [1.29, 1.82) is 0 Å². The molecule has 0 aliphatic carbocycles. The van der Waals surface area contributed by atoms with Crippen LogP contribution in [0.4, 0.5) is 0 Å². The minimum atomic E-state index is -0.124. The molecule has 6 heteroatoms. The van der Waals surface area contributed by atoms with E-state index in [9.17, 15) is 0 Å². The van der Waals surface area contributed by atoms with Crippen molar-refractivity contribution in [3.05, 3.63) is 35.9 Å². The van der Waals surface area contributed by atoms with Crippen LogP contribution in [0.2, 0.25) is 0 Å². The highest BCUT2D eigenvalue weighted by atomic mass is 16.5. The molecule has 23 heavy (non-hydrogen) atoms. The van der Waals surface area contributed by atoms with Crippen molar-refractivity contribution in [2.24, 2.45) is 0 Å². The Morgan fingerprint density at radius 3 is 2.35 bits per heavy atom. The first kappa shape index (κ1) is 17.3. The summed E-state index contributed by atoms with van der Waals surface area (Å²) in [4.78, 5) is 6.71. The van der Waals surface area contributed by atoms with Crippen molar-refractivity contribution < 1.29 is 9.47 Å².